The molecule has 92 valence electrons. The van der Waals surface area contributed by atoms with Crippen molar-refractivity contribution in [3.05, 3.63) is 40.4 Å². The van der Waals surface area contributed by atoms with Gasteiger partial charge in [0.05, 0.1) is 0 Å². The minimum Gasteiger partial charge on any atom is -0.348 e. The van der Waals surface area contributed by atoms with Gasteiger partial charge >= 0.3 is 0 Å². The van der Waals surface area contributed by atoms with Crippen LogP contribution in [0.1, 0.15) is 31.9 Å². The van der Waals surface area contributed by atoms with E-state index in [0.717, 1.165) is 11.1 Å². The predicted octanol–water partition coefficient (Wildman–Crippen LogP) is 3.58. The van der Waals surface area contributed by atoms with Crippen LogP contribution in [0, 0.1) is 6.92 Å². The molecule has 0 fully saturated rings. The Morgan fingerprint density at radius 2 is 2.00 bits per heavy atom. The number of rotatable bonds is 2. The second kappa shape index (κ2) is 5.37. The second-order valence-electron chi connectivity index (χ2n) is 5.08. The van der Waals surface area contributed by atoms with Crippen molar-refractivity contribution in [3.8, 4) is 0 Å². The van der Waals surface area contributed by atoms with Gasteiger partial charge in [0.1, 0.15) is 0 Å². The molecule has 0 bridgehead atoms. The number of halogens is 1. The van der Waals surface area contributed by atoms with Crippen molar-refractivity contribution in [1.82, 2.24) is 5.32 Å². The van der Waals surface area contributed by atoms with E-state index in [2.05, 4.69) is 5.32 Å². The summed E-state index contributed by atoms with van der Waals surface area (Å²) >= 11 is 6.00. The van der Waals surface area contributed by atoms with Crippen LogP contribution in [-0.2, 0) is 4.79 Å². The summed E-state index contributed by atoms with van der Waals surface area (Å²) in [7, 11) is 0. The Morgan fingerprint density at radius 3 is 2.53 bits per heavy atom. The van der Waals surface area contributed by atoms with Gasteiger partial charge in [-0.2, -0.15) is 0 Å². The van der Waals surface area contributed by atoms with Crippen LogP contribution in [0.15, 0.2) is 24.3 Å². The standard InChI is InChI=1S/C14H18ClNO/c1-10-5-6-11(9-12(10)15)7-8-13(17)16-14(2,3)4/h5-9H,1-4H3,(H,16,17). The molecular formula is C14H18ClNO. The van der Waals surface area contributed by atoms with E-state index >= 15 is 0 Å². The predicted molar refractivity (Wildman–Crippen MR) is 73.1 cm³/mol. The minimum absolute atomic E-state index is 0.103. The molecule has 3 heteroatoms. The van der Waals surface area contributed by atoms with E-state index in [0.29, 0.717) is 5.02 Å². The molecule has 0 saturated carbocycles. The van der Waals surface area contributed by atoms with Crippen molar-refractivity contribution in [2.24, 2.45) is 0 Å². The van der Waals surface area contributed by atoms with Gasteiger partial charge in [0, 0.05) is 16.6 Å². The number of hydrogen-bond acceptors (Lipinski definition) is 1. The van der Waals surface area contributed by atoms with Gasteiger partial charge in [-0.05, 0) is 51.0 Å². The Labute approximate surface area is 108 Å². The van der Waals surface area contributed by atoms with Gasteiger partial charge < -0.3 is 5.32 Å². The Kier molecular flexibility index (Phi) is 4.35. The molecule has 0 aliphatic heterocycles. The maximum absolute atomic E-state index is 11.6. The van der Waals surface area contributed by atoms with Crippen LogP contribution in [0.3, 0.4) is 0 Å². The zero-order valence-corrected chi connectivity index (χ0v) is 11.4. The quantitative estimate of drug-likeness (QED) is 0.800. The van der Waals surface area contributed by atoms with Crippen molar-refractivity contribution in [2.45, 2.75) is 33.2 Å². The largest absolute Gasteiger partial charge is 0.348 e. The van der Waals surface area contributed by atoms with Gasteiger partial charge in [-0.25, -0.2) is 0 Å². The SMILES string of the molecule is Cc1ccc(C=CC(=O)NC(C)(C)C)cc1Cl. The van der Waals surface area contributed by atoms with Crippen molar-refractivity contribution >= 4 is 23.6 Å². The van der Waals surface area contributed by atoms with E-state index in [1.54, 1.807) is 6.08 Å². The van der Waals surface area contributed by atoms with Crippen molar-refractivity contribution in [2.75, 3.05) is 0 Å². The van der Waals surface area contributed by atoms with Gasteiger partial charge in [-0.1, -0.05) is 23.7 Å². The monoisotopic (exact) mass is 251 g/mol. The second-order valence-corrected chi connectivity index (χ2v) is 5.49. The number of hydrogen-bond donors (Lipinski definition) is 1. The van der Waals surface area contributed by atoms with Crippen molar-refractivity contribution < 1.29 is 4.79 Å². The lowest BCUT2D eigenvalue weighted by Crippen LogP contribution is -2.39. The number of carbonyl (C=O) groups excluding carboxylic acids is 1. The first-order valence-electron chi connectivity index (χ1n) is 5.54. The molecular weight excluding hydrogens is 234 g/mol. The summed E-state index contributed by atoms with van der Waals surface area (Å²) in [5, 5.41) is 3.57. The lowest BCUT2D eigenvalue weighted by atomic mass is 10.1. The van der Waals surface area contributed by atoms with Crippen LogP contribution < -0.4 is 5.32 Å². The summed E-state index contributed by atoms with van der Waals surface area (Å²) in [5.74, 6) is -0.103. The molecule has 1 aromatic carbocycles. The average molecular weight is 252 g/mol. The molecule has 0 heterocycles. The summed E-state index contributed by atoms with van der Waals surface area (Å²) in [5.41, 5.74) is 1.74. The maximum Gasteiger partial charge on any atom is 0.244 e. The third-order valence-corrected chi connectivity index (χ3v) is 2.53. The molecule has 0 radical (unpaired) electrons. The molecule has 0 spiro atoms. The van der Waals surface area contributed by atoms with Gasteiger partial charge in [0.15, 0.2) is 0 Å². The number of nitrogens with one attached hydrogen (secondary N) is 1. The van der Waals surface area contributed by atoms with E-state index in [1.807, 2.05) is 45.9 Å². The van der Waals surface area contributed by atoms with Crippen molar-refractivity contribution in [1.29, 1.82) is 0 Å². The van der Waals surface area contributed by atoms with E-state index in [4.69, 9.17) is 11.6 Å². The molecule has 0 aromatic heterocycles. The first-order valence-corrected chi connectivity index (χ1v) is 5.92. The fraction of sp³-hybridized carbons (Fsp3) is 0.357. The molecule has 0 atom stereocenters. The highest BCUT2D eigenvalue weighted by Crippen LogP contribution is 2.17. The molecule has 1 rings (SSSR count). The lowest BCUT2D eigenvalue weighted by molar-refractivity contribution is -0.117. The van der Waals surface area contributed by atoms with Gasteiger partial charge in [0.25, 0.3) is 0 Å². The van der Waals surface area contributed by atoms with Gasteiger partial charge in [-0.15, -0.1) is 0 Å². The van der Waals surface area contributed by atoms with Crippen LogP contribution in [0.5, 0.6) is 0 Å². The molecule has 17 heavy (non-hydrogen) atoms. The summed E-state index contributed by atoms with van der Waals surface area (Å²) in [4.78, 5) is 11.6. The summed E-state index contributed by atoms with van der Waals surface area (Å²) < 4.78 is 0. The van der Waals surface area contributed by atoms with Crippen LogP contribution >= 0.6 is 11.6 Å². The fourth-order valence-electron chi connectivity index (χ4n) is 1.30. The first kappa shape index (κ1) is 13.8. The van der Waals surface area contributed by atoms with Crippen molar-refractivity contribution in [3.63, 3.8) is 0 Å². The van der Waals surface area contributed by atoms with Crippen LogP contribution in [0.4, 0.5) is 0 Å². The molecule has 0 saturated heterocycles. The van der Waals surface area contributed by atoms with E-state index in [9.17, 15) is 4.79 Å². The molecule has 1 amide bonds. The Balaban J connectivity index is 2.71. The number of carbonyl (C=O) groups is 1. The summed E-state index contributed by atoms with van der Waals surface area (Å²) in [6, 6.07) is 5.71. The molecule has 0 aliphatic carbocycles. The number of amides is 1. The number of aryl methyl sites for hydroxylation is 1. The number of benzene rings is 1. The Morgan fingerprint density at radius 1 is 1.35 bits per heavy atom. The normalized spacial score (nSPS) is 11.8. The zero-order chi connectivity index (χ0) is 13.1. The van der Waals surface area contributed by atoms with Crippen LogP contribution in [0.25, 0.3) is 6.08 Å². The molecule has 2 nitrogen and oxygen atoms in total. The lowest BCUT2D eigenvalue weighted by Gasteiger charge is -2.18. The third-order valence-electron chi connectivity index (χ3n) is 2.12. The Bertz CT molecular complexity index is 444. The summed E-state index contributed by atoms with van der Waals surface area (Å²) in [6.45, 7) is 7.78. The van der Waals surface area contributed by atoms with E-state index < -0.39 is 0 Å². The minimum atomic E-state index is -0.216. The highest BCUT2D eigenvalue weighted by molar-refractivity contribution is 6.31. The van der Waals surface area contributed by atoms with Gasteiger partial charge in [-0.3, -0.25) is 4.79 Å². The van der Waals surface area contributed by atoms with Gasteiger partial charge in [0.2, 0.25) is 5.91 Å². The highest BCUT2D eigenvalue weighted by atomic mass is 35.5. The molecule has 1 N–H and O–H groups in total. The maximum atomic E-state index is 11.6. The summed E-state index contributed by atoms with van der Waals surface area (Å²) in [6.07, 6.45) is 3.28. The smallest absolute Gasteiger partial charge is 0.244 e. The average Bonchev–Trinajstić information content (AvgIpc) is 2.17. The van der Waals surface area contributed by atoms with Crippen LogP contribution in [-0.4, -0.2) is 11.4 Å². The molecule has 0 unspecified atom stereocenters. The van der Waals surface area contributed by atoms with E-state index in [1.165, 1.54) is 6.08 Å². The van der Waals surface area contributed by atoms with Crippen LogP contribution in [0.2, 0.25) is 5.02 Å². The topological polar surface area (TPSA) is 29.1 Å². The Hall–Kier alpha value is -1.28. The van der Waals surface area contributed by atoms with E-state index in [-0.39, 0.29) is 11.4 Å². The third kappa shape index (κ3) is 5.05. The highest BCUT2D eigenvalue weighted by Gasteiger charge is 2.10. The fourth-order valence-corrected chi connectivity index (χ4v) is 1.48. The zero-order valence-electron chi connectivity index (χ0n) is 10.7. The molecule has 1 aromatic rings. The molecule has 0 aliphatic rings. The first-order chi connectivity index (χ1) is 7.78.